The van der Waals surface area contributed by atoms with Gasteiger partial charge in [0, 0.05) is 0 Å². The summed E-state index contributed by atoms with van der Waals surface area (Å²) in [6.07, 6.45) is 0. The Balaban J connectivity index is 3.17. The van der Waals surface area contributed by atoms with Crippen LogP contribution in [-0.2, 0) is 9.47 Å². The lowest BCUT2D eigenvalue weighted by Crippen LogP contribution is -2.11. The number of phenolic OH excluding ortho intramolecular Hbond substituents is 1. The minimum atomic E-state index is -0.666. The predicted molar refractivity (Wildman–Crippen MR) is 64.8 cm³/mol. The average Bonchev–Trinajstić information content (AvgIpc) is 2.29. The third-order valence-corrected chi connectivity index (χ3v) is 2.33. The lowest BCUT2D eigenvalue weighted by molar-refractivity contribution is 0.0522. The van der Waals surface area contributed by atoms with Crippen molar-refractivity contribution < 1.29 is 24.2 Å². The molecule has 0 saturated heterocycles. The van der Waals surface area contributed by atoms with Crippen molar-refractivity contribution in [1.82, 2.24) is 0 Å². The summed E-state index contributed by atoms with van der Waals surface area (Å²) >= 11 is 0. The number of carbonyl (C=O) groups is 2. The first-order valence-electron chi connectivity index (χ1n) is 5.69. The van der Waals surface area contributed by atoms with Crippen molar-refractivity contribution in [2.75, 3.05) is 13.2 Å². The Bertz CT molecular complexity index is 425. The zero-order chi connectivity index (χ0) is 13.7. The lowest BCUT2D eigenvalue weighted by Gasteiger charge is -2.09. The quantitative estimate of drug-likeness (QED) is 0.830. The molecule has 0 bridgehead atoms. The van der Waals surface area contributed by atoms with Crippen LogP contribution in [0.3, 0.4) is 0 Å². The topological polar surface area (TPSA) is 72.8 Å². The van der Waals surface area contributed by atoms with Gasteiger partial charge in [0.2, 0.25) is 0 Å². The van der Waals surface area contributed by atoms with Crippen molar-refractivity contribution in [3.8, 4) is 5.75 Å². The summed E-state index contributed by atoms with van der Waals surface area (Å²) in [7, 11) is 0. The van der Waals surface area contributed by atoms with Crippen LogP contribution in [0, 0.1) is 6.92 Å². The Morgan fingerprint density at radius 3 is 2.06 bits per heavy atom. The van der Waals surface area contributed by atoms with Gasteiger partial charge in [-0.25, -0.2) is 9.59 Å². The van der Waals surface area contributed by atoms with Crippen molar-refractivity contribution >= 4 is 11.9 Å². The fraction of sp³-hybridized carbons (Fsp3) is 0.385. The molecular formula is C13H16O5. The van der Waals surface area contributed by atoms with Crippen LogP contribution < -0.4 is 0 Å². The van der Waals surface area contributed by atoms with Gasteiger partial charge in [0.25, 0.3) is 0 Å². The SMILES string of the molecule is CCOC(=O)c1cc(C(=O)OCC)c(O)cc1C. The van der Waals surface area contributed by atoms with E-state index in [9.17, 15) is 14.7 Å². The number of benzene rings is 1. The Hall–Kier alpha value is -2.04. The summed E-state index contributed by atoms with van der Waals surface area (Å²) in [5.41, 5.74) is 0.752. The molecule has 0 atom stereocenters. The summed E-state index contributed by atoms with van der Waals surface area (Å²) in [4.78, 5) is 23.2. The molecule has 5 heteroatoms. The first kappa shape index (κ1) is 14.0. The fourth-order valence-electron chi connectivity index (χ4n) is 1.49. The summed E-state index contributed by atoms with van der Waals surface area (Å²) in [5, 5.41) is 9.67. The van der Waals surface area contributed by atoms with E-state index in [1.807, 2.05) is 0 Å². The molecule has 0 heterocycles. The van der Waals surface area contributed by atoms with Crippen molar-refractivity contribution in [1.29, 1.82) is 0 Å². The molecule has 0 aliphatic rings. The molecule has 0 aromatic heterocycles. The van der Waals surface area contributed by atoms with Crippen LogP contribution in [0.2, 0.25) is 0 Å². The normalized spacial score (nSPS) is 9.94. The molecule has 0 fully saturated rings. The van der Waals surface area contributed by atoms with Gasteiger partial charge in [0.15, 0.2) is 0 Å². The number of hydrogen-bond donors (Lipinski definition) is 1. The van der Waals surface area contributed by atoms with E-state index in [1.165, 1.54) is 12.1 Å². The highest BCUT2D eigenvalue weighted by Gasteiger charge is 2.18. The van der Waals surface area contributed by atoms with E-state index in [4.69, 9.17) is 9.47 Å². The Morgan fingerprint density at radius 2 is 1.56 bits per heavy atom. The first-order valence-corrected chi connectivity index (χ1v) is 5.69. The molecule has 18 heavy (non-hydrogen) atoms. The second kappa shape index (κ2) is 6.05. The maximum absolute atomic E-state index is 11.7. The van der Waals surface area contributed by atoms with E-state index >= 15 is 0 Å². The molecule has 0 saturated carbocycles. The van der Waals surface area contributed by atoms with Crippen LogP contribution in [0.15, 0.2) is 12.1 Å². The van der Waals surface area contributed by atoms with E-state index in [0.29, 0.717) is 5.56 Å². The molecule has 98 valence electrons. The van der Waals surface area contributed by atoms with E-state index in [1.54, 1.807) is 20.8 Å². The van der Waals surface area contributed by atoms with Crippen LogP contribution in [0.5, 0.6) is 5.75 Å². The number of hydrogen-bond acceptors (Lipinski definition) is 5. The number of carbonyl (C=O) groups excluding carboxylic acids is 2. The standard InChI is InChI=1S/C13H16O5/c1-4-17-12(15)9-7-10(13(16)18-5-2)11(14)6-8(9)3/h6-7,14H,4-5H2,1-3H3. The van der Waals surface area contributed by atoms with Crippen LogP contribution in [0.1, 0.15) is 40.1 Å². The minimum absolute atomic E-state index is 0.0366. The summed E-state index contributed by atoms with van der Waals surface area (Å²) in [6, 6.07) is 2.64. The predicted octanol–water partition coefficient (Wildman–Crippen LogP) is 2.05. The lowest BCUT2D eigenvalue weighted by atomic mass is 10.0. The third kappa shape index (κ3) is 3.00. The third-order valence-electron chi connectivity index (χ3n) is 2.33. The molecule has 1 N–H and O–H groups in total. The summed E-state index contributed by atoms with van der Waals surface area (Å²) in [5.74, 6) is -1.40. The van der Waals surface area contributed by atoms with Gasteiger partial charge in [-0.2, -0.15) is 0 Å². The largest absolute Gasteiger partial charge is 0.507 e. The van der Waals surface area contributed by atoms with E-state index in [0.717, 1.165) is 0 Å². The van der Waals surface area contributed by atoms with Gasteiger partial charge < -0.3 is 14.6 Å². The maximum atomic E-state index is 11.7. The second-order valence-corrected chi connectivity index (χ2v) is 3.63. The highest BCUT2D eigenvalue weighted by molar-refractivity contribution is 5.98. The van der Waals surface area contributed by atoms with Gasteiger partial charge >= 0.3 is 11.9 Å². The molecule has 0 aliphatic carbocycles. The first-order chi connectivity index (χ1) is 8.51. The monoisotopic (exact) mass is 252 g/mol. The molecule has 0 aliphatic heterocycles. The van der Waals surface area contributed by atoms with Crippen LogP contribution in [-0.4, -0.2) is 30.3 Å². The number of ether oxygens (including phenoxy) is 2. The van der Waals surface area contributed by atoms with E-state index in [-0.39, 0.29) is 30.1 Å². The van der Waals surface area contributed by atoms with Gasteiger partial charge in [-0.3, -0.25) is 0 Å². The summed E-state index contributed by atoms with van der Waals surface area (Å²) < 4.78 is 9.66. The number of esters is 2. The average molecular weight is 252 g/mol. The van der Waals surface area contributed by atoms with E-state index < -0.39 is 11.9 Å². The van der Waals surface area contributed by atoms with E-state index in [2.05, 4.69) is 0 Å². The van der Waals surface area contributed by atoms with Crippen LogP contribution >= 0.6 is 0 Å². The Morgan fingerprint density at radius 1 is 1.06 bits per heavy atom. The second-order valence-electron chi connectivity index (χ2n) is 3.63. The highest BCUT2D eigenvalue weighted by Crippen LogP contribution is 2.23. The van der Waals surface area contributed by atoms with Gasteiger partial charge in [0.05, 0.1) is 18.8 Å². The van der Waals surface area contributed by atoms with Crippen molar-refractivity contribution in [2.45, 2.75) is 20.8 Å². The molecule has 0 spiro atoms. The van der Waals surface area contributed by atoms with Crippen molar-refractivity contribution in [3.05, 3.63) is 28.8 Å². The van der Waals surface area contributed by atoms with Crippen molar-refractivity contribution in [2.24, 2.45) is 0 Å². The number of rotatable bonds is 4. The molecule has 0 unspecified atom stereocenters. The number of aromatic hydroxyl groups is 1. The van der Waals surface area contributed by atoms with Gasteiger partial charge in [0.1, 0.15) is 11.3 Å². The Labute approximate surface area is 105 Å². The zero-order valence-electron chi connectivity index (χ0n) is 10.6. The van der Waals surface area contributed by atoms with Gasteiger partial charge in [-0.1, -0.05) is 0 Å². The molecular weight excluding hydrogens is 236 g/mol. The minimum Gasteiger partial charge on any atom is -0.507 e. The van der Waals surface area contributed by atoms with Crippen LogP contribution in [0.4, 0.5) is 0 Å². The van der Waals surface area contributed by atoms with Crippen LogP contribution in [0.25, 0.3) is 0 Å². The molecule has 5 nitrogen and oxygen atoms in total. The molecule has 1 aromatic rings. The highest BCUT2D eigenvalue weighted by atomic mass is 16.5. The maximum Gasteiger partial charge on any atom is 0.341 e. The number of aryl methyl sites for hydroxylation is 1. The summed E-state index contributed by atoms with van der Waals surface area (Å²) in [6.45, 7) is 5.45. The molecule has 0 radical (unpaired) electrons. The van der Waals surface area contributed by atoms with Gasteiger partial charge in [-0.05, 0) is 38.5 Å². The van der Waals surface area contributed by atoms with Crippen molar-refractivity contribution in [3.63, 3.8) is 0 Å². The number of phenols is 1. The molecule has 1 aromatic carbocycles. The zero-order valence-corrected chi connectivity index (χ0v) is 10.6. The smallest absolute Gasteiger partial charge is 0.341 e. The Kier molecular flexibility index (Phi) is 4.71. The molecule has 1 rings (SSSR count). The molecule has 0 amide bonds. The fourth-order valence-corrected chi connectivity index (χ4v) is 1.49. The van der Waals surface area contributed by atoms with Gasteiger partial charge in [-0.15, -0.1) is 0 Å².